The van der Waals surface area contributed by atoms with Gasteiger partial charge in [0.2, 0.25) is 0 Å². The van der Waals surface area contributed by atoms with Crippen LogP contribution < -0.4 is 14.8 Å². The Hall–Kier alpha value is -2.09. The maximum absolute atomic E-state index is 10.4. The number of aliphatic hydroxyl groups excluding tert-OH is 1. The fourth-order valence-corrected chi connectivity index (χ4v) is 3.64. The second-order valence-electron chi connectivity index (χ2n) is 8.29. The lowest BCUT2D eigenvalue weighted by Crippen LogP contribution is -2.38. The summed E-state index contributed by atoms with van der Waals surface area (Å²) in [5, 5.41) is 17.8. The summed E-state index contributed by atoms with van der Waals surface area (Å²) >= 11 is 0. The number of β-amino-alcohol motifs (C(OH)–C–C–N with tert-alkyl or cyclic N) is 1. The first kappa shape index (κ1) is 22.6. The van der Waals surface area contributed by atoms with Crippen LogP contribution in [0.15, 0.2) is 28.8 Å². The Morgan fingerprint density at radius 1 is 1.13 bits per heavy atom. The largest absolute Gasteiger partial charge is 0.493 e. The van der Waals surface area contributed by atoms with Crippen molar-refractivity contribution in [2.24, 2.45) is 0 Å². The van der Waals surface area contributed by atoms with E-state index in [9.17, 15) is 5.11 Å². The molecule has 0 radical (unpaired) electrons. The Morgan fingerprint density at radius 3 is 2.63 bits per heavy atom. The van der Waals surface area contributed by atoms with Crippen LogP contribution in [0, 0.1) is 0 Å². The van der Waals surface area contributed by atoms with Gasteiger partial charge in [-0.05, 0) is 49.5 Å². The fourth-order valence-electron chi connectivity index (χ4n) is 3.64. The highest BCUT2D eigenvalue weighted by Crippen LogP contribution is 2.28. The monoisotopic (exact) mass is 417 g/mol. The highest BCUT2D eigenvalue weighted by atomic mass is 16.5. The van der Waals surface area contributed by atoms with Gasteiger partial charge in [0.25, 0.3) is 0 Å². The topological polar surface area (TPSA) is 80.0 Å². The molecule has 1 aromatic heterocycles. The number of aliphatic hydroxyl groups is 1. The predicted molar refractivity (Wildman–Crippen MR) is 116 cm³/mol. The number of likely N-dealkylation sites (tertiary alicyclic amines) is 1. The van der Waals surface area contributed by atoms with E-state index in [1.165, 1.54) is 19.3 Å². The quantitative estimate of drug-likeness (QED) is 0.580. The molecule has 1 aliphatic heterocycles. The summed E-state index contributed by atoms with van der Waals surface area (Å²) in [7, 11) is 1.63. The van der Waals surface area contributed by atoms with Crippen molar-refractivity contribution < 1.29 is 19.1 Å². The maximum Gasteiger partial charge on any atom is 0.161 e. The van der Waals surface area contributed by atoms with Crippen LogP contribution in [-0.2, 0) is 13.1 Å². The minimum atomic E-state index is -0.517. The van der Waals surface area contributed by atoms with Crippen LogP contribution in [0.25, 0.3) is 0 Å². The van der Waals surface area contributed by atoms with Gasteiger partial charge >= 0.3 is 0 Å². The number of rotatable bonds is 11. The van der Waals surface area contributed by atoms with Crippen molar-refractivity contribution >= 4 is 0 Å². The molecule has 0 unspecified atom stereocenters. The zero-order valence-corrected chi connectivity index (χ0v) is 18.4. The third-order valence-corrected chi connectivity index (χ3v) is 5.37. The van der Waals surface area contributed by atoms with Gasteiger partial charge in [-0.25, -0.2) is 0 Å². The van der Waals surface area contributed by atoms with Crippen molar-refractivity contribution in [3.63, 3.8) is 0 Å². The Bertz CT molecular complexity index is 772. The highest BCUT2D eigenvalue weighted by Gasteiger charge is 2.16. The zero-order chi connectivity index (χ0) is 21.3. The van der Waals surface area contributed by atoms with E-state index >= 15 is 0 Å². The van der Waals surface area contributed by atoms with Crippen LogP contribution in [0.3, 0.4) is 0 Å². The van der Waals surface area contributed by atoms with E-state index in [-0.39, 0.29) is 6.61 Å². The van der Waals surface area contributed by atoms with Crippen molar-refractivity contribution in [1.29, 1.82) is 0 Å². The van der Waals surface area contributed by atoms with Crippen molar-refractivity contribution in [2.45, 2.75) is 58.2 Å². The summed E-state index contributed by atoms with van der Waals surface area (Å²) in [6.07, 6.45) is 3.19. The van der Waals surface area contributed by atoms with Crippen LogP contribution >= 0.6 is 0 Å². The van der Waals surface area contributed by atoms with E-state index < -0.39 is 6.10 Å². The number of hydrogen-bond acceptors (Lipinski definition) is 7. The summed E-state index contributed by atoms with van der Waals surface area (Å²) in [4.78, 5) is 2.31. The van der Waals surface area contributed by atoms with Crippen molar-refractivity contribution in [1.82, 2.24) is 15.4 Å². The highest BCUT2D eigenvalue weighted by molar-refractivity contribution is 5.43. The molecule has 30 heavy (non-hydrogen) atoms. The molecule has 1 atom stereocenters. The standard InChI is InChI=1S/C23H35N3O4/c1-17(2)21-12-20(30-25-21)14-24-13-18-7-8-22(28-3)23(11-18)29-16-19(27)15-26-9-5-4-6-10-26/h7-8,11-12,17,19,24,27H,4-6,9-10,13-16H2,1-3H3/t19-/m0/s1. The number of methoxy groups -OCH3 is 1. The number of nitrogens with zero attached hydrogens (tertiary/aromatic N) is 2. The number of benzene rings is 1. The third-order valence-electron chi connectivity index (χ3n) is 5.37. The SMILES string of the molecule is COc1ccc(CNCc2cc(C(C)C)no2)cc1OC[C@@H](O)CN1CCCCC1. The first-order valence-electron chi connectivity index (χ1n) is 10.9. The first-order chi connectivity index (χ1) is 14.5. The van der Waals surface area contributed by atoms with E-state index in [1.54, 1.807) is 7.11 Å². The van der Waals surface area contributed by atoms with Crippen molar-refractivity contribution in [2.75, 3.05) is 33.4 Å². The predicted octanol–water partition coefficient (Wildman–Crippen LogP) is 3.32. The fraction of sp³-hybridized carbons (Fsp3) is 0.609. The van der Waals surface area contributed by atoms with Gasteiger partial charge in [0.1, 0.15) is 12.7 Å². The van der Waals surface area contributed by atoms with E-state index in [2.05, 4.69) is 29.2 Å². The summed E-state index contributed by atoms with van der Waals surface area (Å²) in [5.74, 6) is 2.50. The molecule has 0 spiro atoms. The van der Waals surface area contributed by atoms with E-state index in [1.807, 2.05) is 24.3 Å². The summed E-state index contributed by atoms with van der Waals surface area (Å²) in [5.41, 5.74) is 2.04. The van der Waals surface area contributed by atoms with Gasteiger partial charge in [-0.15, -0.1) is 0 Å². The van der Waals surface area contributed by atoms with Crippen LogP contribution in [0.1, 0.15) is 56.0 Å². The van der Waals surface area contributed by atoms with Crippen molar-refractivity contribution in [3.05, 3.63) is 41.3 Å². The molecule has 0 saturated carbocycles. The second kappa shape index (κ2) is 11.3. The molecule has 0 aliphatic carbocycles. The molecule has 2 heterocycles. The van der Waals surface area contributed by atoms with Crippen LogP contribution in [0.5, 0.6) is 11.5 Å². The first-order valence-corrected chi connectivity index (χ1v) is 10.9. The minimum Gasteiger partial charge on any atom is -0.493 e. The average molecular weight is 418 g/mol. The van der Waals surface area contributed by atoms with Gasteiger partial charge in [-0.3, -0.25) is 0 Å². The molecule has 1 fully saturated rings. The second-order valence-corrected chi connectivity index (χ2v) is 8.29. The molecular weight excluding hydrogens is 382 g/mol. The average Bonchev–Trinajstić information content (AvgIpc) is 3.22. The number of hydrogen-bond donors (Lipinski definition) is 2. The number of aromatic nitrogens is 1. The lowest BCUT2D eigenvalue weighted by atomic mass is 10.1. The van der Waals surface area contributed by atoms with Crippen molar-refractivity contribution in [3.8, 4) is 11.5 Å². The lowest BCUT2D eigenvalue weighted by molar-refractivity contribution is 0.0608. The van der Waals surface area contributed by atoms with Gasteiger partial charge in [0.05, 0.1) is 19.3 Å². The van der Waals surface area contributed by atoms with Gasteiger partial charge in [0, 0.05) is 19.2 Å². The van der Waals surface area contributed by atoms with Crippen LogP contribution in [0.2, 0.25) is 0 Å². The molecule has 0 bridgehead atoms. The molecule has 0 amide bonds. The molecular formula is C23H35N3O4. The third kappa shape index (κ3) is 6.72. The van der Waals surface area contributed by atoms with Crippen LogP contribution in [0.4, 0.5) is 0 Å². The minimum absolute atomic E-state index is 0.250. The van der Waals surface area contributed by atoms with E-state index in [0.29, 0.717) is 37.1 Å². The number of nitrogens with one attached hydrogen (secondary N) is 1. The number of piperidine rings is 1. The molecule has 7 nitrogen and oxygen atoms in total. The van der Waals surface area contributed by atoms with Gasteiger partial charge in [0.15, 0.2) is 17.3 Å². The summed E-state index contributed by atoms with van der Waals surface area (Å²) in [6.45, 7) is 8.48. The van der Waals surface area contributed by atoms with Gasteiger partial charge in [-0.2, -0.15) is 0 Å². The molecule has 3 rings (SSSR count). The maximum atomic E-state index is 10.4. The van der Waals surface area contributed by atoms with Crippen LogP contribution in [-0.4, -0.2) is 54.6 Å². The van der Waals surface area contributed by atoms with E-state index in [0.717, 1.165) is 30.1 Å². The number of ether oxygens (including phenoxy) is 2. The Kier molecular flexibility index (Phi) is 8.54. The van der Waals surface area contributed by atoms with Gasteiger partial charge < -0.3 is 29.3 Å². The molecule has 2 aromatic rings. The van der Waals surface area contributed by atoms with E-state index in [4.69, 9.17) is 14.0 Å². The summed E-state index contributed by atoms with van der Waals surface area (Å²) in [6, 6.07) is 7.85. The lowest BCUT2D eigenvalue weighted by Gasteiger charge is -2.28. The molecule has 166 valence electrons. The molecule has 2 N–H and O–H groups in total. The zero-order valence-electron chi connectivity index (χ0n) is 18.4. The molecule has 1 aromatic carbocycles. The molecule has 1 saturated heterocycles. The Balaban J connectivity index is 1.49. The smallest absolute Gasteiger partial charge is 0.161 e. The molecule has 7 heteroatoms. The summed E-state index contributed by atoms with van der Waals surface area (Å²) < 4.78 is 16.7. The van der Waals surface area contributed by atoms with Gasteiger partial charge in [-0.1, -0.05) is 31.5 Å². The Morgan fingerprint density at radius 2 is 1.93 bits per heavy atom. The molecule has 1 aliphatic rings. The Labute approximate surface area is 179 Å². The normalized spacial score (nSPS) is 16.0.